The minimum absolute atomic E-state index is 0.00926. The van der Waals surface area contributed by atoms with Crippen LogP contribution in [0.2, 0.25) is 0 Å². The summed E-state index contributed by atoms with van der Waals surface area (Å²) in [5.41, 5.74) is 0.612. The van der Waals surface area contributed by atoms with Crippen molar-refractivity contribution in [2.24, 2.45) is 0 Å². The lowest BCUT2D eigenvalue weighted by molar-refractivity contribution is -0.0675. The molecule has 4 heteroatoms. The van der Waals surface area contributed by atoms with E-state index in [1.165, 1.54) is 0 Å². The van der Waals surface area contributed by atoms with Gasteiger partial charge in [0, 0.05) is 25.2 Å². The Balaban J connectivity index is 2.09. The van der Waals surface area contributed by atoms with Crippen LogP contribution in [0.15, 0.2) is 24.3 Å². The van der Waals surface area contributed by atoms with Crippen molar-refractivity contribution >= 4 is 5.91 Å². The fourth-order valence-electron chi connectivity index (χ4n) is 1.93. The molecule has 0 N–H and O–H groups in total. The largest absolute Gasteiger partial charge is 0.379 e. The number of amides is 1. The number of morpholine rings is 1. The molecule has 0 aliphatic carbocycles. The Hall–Kier alpha value is -1.39. The first-order valence-corrected chi connectivity index (χ1v) is 5.94. The molecule has 1 heterocycles. The van der Waals surface area contributed by atoms with Crippen molar-refractivity contribution in [1.29, 1.82) is 0 Å². The van der Waals surface area contributed by atoms with E-state index in [0.29, 0.717) is 25.3 Å². The monoisotopic (exact) mass is 233 g/mol. The Labute approximate surface area is 102 Å². The molecule has 0 aromatic heterocycles. The molecule has 2 rings (SSSR count). The summed E-state index contributed by atoms with van der Waals surface area (Å²) < 4.78 is 5.29. The molecule has 1 aliphatic rings. The third-order valence-corrected chi connectivity index (χ3v) is 2.80. The smallest absolute Gasteiger partial charge is 0.268 e. The first kappa shape index (κ1) is 12.1. The van der Waals surface area contributed by atoms with E-state index in [1.807, 2.05) is 24.1 Å². The summed E-state index contributed by atoms with van der Waals surface area (Å²) in [5.74, 6) is 0.00926. The molecule has 1 fully saturated rings. The van der Waals surface area contributed by atoms with Crippen molar-refractivity contribution in [2.75, 3.05) is 32.8 Å². The van der Waals surface area contributed by atoms with Crippen LogP contribution in [0.3, 0.4) is 0 Å². The molecule has 91 valence electrons. The van der Waals surface area contributed by atoms with Gasteiger partial charge in [-0.2, -0.15) is 0 Å². The number of carbonyl (C=O) groups is 1. The van der Waals surface area contributed by atoms with Crippen molar-refractivity contribution < 1.29 is 9.53 Å². The topological polar surface area (TPSA) is 32.8 Å². The fourth-order valence-corrected chi connectivity index (χ4v) is 1.93. The van der Waals surface area contributed by atoms with Crippen LogP contribution in [0.25, 0.3) is 0 Å². The Morgan fingerprint density at radius 3 is 2.82 bits per heavy atom. The van der Waals surface area contributed by atoms with Crippen molar-refractivity contribution in [3.63, 3.8) is 0 Å². The van der Waals surface area contributed by atoms with Crippen LogP contribution in [0.4, 0.5) is 0 Å². The molecule has 4 nitrogen and oxygen atoms in total. The number of hydrogen-bond acceptors (Lipinski definition) is 3. The highest BCUT2D eigenvalue weighted by Crippen LogP contribution is 2.09. The minimum Gasteiger partial charge on any atom is -0.379 e. The summed E-state index contributed by atoms with van der Waals surface area (Å²) in [7, 11) is 0. The first-order valence-electron chi connectivity index (χ1n) is 5.94. The van der Waals surface area contributed by atoms with Gasteiger partial charge in [0.15, 0.2) is 0 Å². The third kappa shape index (κ3) is 2.84. The molecule has 0 spiro atoms. The fraction of sp³-hybridized carbons (Fsp3) is 0.462. The van der Waals surface area contributed by atoms with Gasteiger partial charge in [-0.25, -0.2) is 5.01 Å². The molecular formula is C13H17N2O2. The summed E-state index contributed by atoms with van der Waals surface area (Å²) in [6.45, 7) is 5.56. The molecule has 0 unspecified atom stereocenters. The molecule has 0 saturated carbocycles. The number of carbonyl (C=O) groups excluding carboxylic acids is 1. The minimum atomic E-state index is 0.00926. The molecule has 1 aliphatic heterocycles. The molecular weight excluding hydrogens is 216 g/mol. The van der Waals surface area contributed by atoms with E-state index in [2.05, 4.69) is 6.07 Å². The van der Waals surface area contributed by atoms with E-state index in [4.69, 9.17) is 4.74 Å². The highest BCUT2D eigenvalue weighted by Gasteiger charge is 2.22. The number of nitrogens with zero attached hydrogens (tertiary/aromatic N) is 2. The first-order chi connectivity index (χ1) is 8.33. The second-order valence-corrected chi connectivity index (χ2v) is 3.86. The van der Waals surface area contributed by atoms with Crippen LogP contribution in [0.5, 0.6) is 0 Å². The number of rotatable bonds is 3. The van der Waals surface area contributed by atoms with Crippen molar-refractivity contribution in [1.82, 2.24) is 10.0 Å². The van der Waals surface area contributed by atoms with Crippen LogP contribution in [0, 0.1) is 6.07 Å². The maximum Gasteiger partial charge on any atom is 0.268 e. The summed E-state index contributed by atoms with van der Waals surface area (Å²) in [4.78, 5) is 12.3. The van der Waals surface area contributed by atoms with Crippen LogP contribution >= 0.6 is 0 Å². The Kier molecular flexibility index (Phi) is 4.12. The maximum absolute atomic E-state index is 12.3. The van der Waals surface area contributed by atoms with E-state index >= 15 is 0 Å². The van der Waals surface area contributed by atoms with E-state index in [9.17, 15) is 4.79 Å². The van der Waals surface area contributed by atoms with Gasteiger partial charge in [-0.05, 0) is 19.1 Å². The number of ether oxygens (including phenoxy) is 1. The third-order valence-electron chi connectivity index (χ3n) is 2.80. The second kappa shape index (κ2) is 5.80. The summed E-state index contributed by atoms with van der Waals surface area (Å²) in [5, 5.41) is 3.82. The zero-order chi connectivity index (χ0) is 12.1. The zero-order valence-corrected chi connectivity index (χ0v) is 10.1. The maximum atomic E-state index is 12.3. The van der Waals surface area contributed by atoms with Crippen molar-refractivity contribution in [3.8, 4) is 0 Å². The summed E-state index contributed by atoms with van der Waals surface area (Å²) in [6, 6.07) is 10.3. The van der Waals surface area contributed by atoms with E-state index < -0.39 is 0 Å². The Morgan fingerprint density at radius 1 is 1.47 bits per heavy atom. The highest BCUT2D eigenvalue weighted by atomic mass is 16.5. The quantitative estimate of drug-likeness (QED) is 0.786. The van der Waals surface area contributed by atoms with Crippen LogP contribution in [-0.4, -0.2) is 48.8 Å². The molecule has 1 radical (unpaired) electrons. The standard InChI is InChI=1S/C13H17N2O2/c1-2-15(14-8-10-17-11-9-14)13(16)12-6-4-3-5-7-12/h3-6H,2,8-11H2,1H3. The molecule has 17 heavy (non-hydrogen) atoms. The SMILES string of the molecule is CCN(C(=O)c1[c]cccc1)N1CCOCC1. The molecule has 0 bridgehead atoms. The van der Waals surface area contributed by atoms with E-state index in [-0.39, 0.29) is 5.91 Å². The highest BCUT2D eigenvalue weighted by molar-refractivity contribution is 5.93. The molecule has 0 atom stereocenters. The molecule has 1 aromatic rings. The van der Waals surface area contributed by atoms with E-state index in [1.54, 1.807) is 17.1 Å². The van der Waals surface area contributed by atoms with Crippen LogP contribution in [-0.2, 0) is 4.74 Å². The lowest BCUT2D eigenvalue weighted by Gasteiger charge is -2.36. The lowest BCUT2D eigenvalue weighted by Crippen LogP contribution is -2.51. The number of hydrogen-bond donors (Lipinski definition) is 0. The van der Waals surface area contributed by atoms with Gasteiger partial charge in [0.1, 0.15) is 0 Å². The Bertz CT molecular complexity index is 361. The molecule has 1 amide bonds. The van der Waals surface area contributed by atoms with Gasteiger partial charge in [0.05, 0.1) is 13.2 Å². The zero-order valence-electron chi connectivity index (χ0n) is 10.1. The number of hydrazine groups is 1. The second-order valence-electron chi connectivity index (χ2n) is 3.86. The van der Waals surface area contributed by atoms with Gasteiger partial charge < -0.3 is 4.74 Å². The van der Waals surface area contributed by atoms with Crippen LogP contribution in [0.1, 0.15) is 17.3 Å². The van der Waals surface area contributed by atoms with E-state index in [0.717, 1.165) is 13.1 Å². The average molecular weight is 233 g/mol. The van der Waals surface area contributed by atoms with Crippen molar-refractivity contribution in [2.45, 2.75) is 6.92 Å². The normalized spacial score (nSPS) is 16.8. The summed E-state index contributed by atoms with van der Waals surface area (Å²) in [6.07, 6.45) is 0. The van der Waals surface area contributed by atoms with Gasteiger partial charge in [0.2, 0.25) is 0 Å². The van der Waals surface area contributed by atoms with Gasteiger partial charge in [-0.15, -0.1) is 0 Å². The predicted molar refractivity (Wildman–Crippen MR) is 64.4 cm³/mol. The van der Waals surface area contributed by atoms with Gasteiger partial charge >= 0.3 is 0 Å². The average Bonchev–Trinajstić information content (AvgIpc) is 2.42. The van der Waals surface area contributed by atoms with Gasteiger partial charge in [-0.1, -0.05) is 18.2 Å². The van der Waals surface area contributed by atoms with Gasteiger partial charge in [0.25, 0.3) is 5.91 Å². The number of benzene rings is 1. The molecule has 1 aromatic carbocycles. The van der Waals surface area contributed by atoms with Crippen molar-refractivity contribution in [3.05, 3.63) is 35.9 Å². The lowest BCUT2D eigenvalue weighted by atomic mass is 10.2. The Morgan fingerprint density at radius 2 is 2.24 bits per heavy atom. The molecule has 1 saturated heterocycles. The van der Waals surface area contributed by atoms with Gasteiger partial charge in [-0.3, -0.25) is 9.80 Å². The summed E-state index contributed by atoms with van der Waals surface area (Å²) >= 11 is 0. The van der Waals surface area contributed by atoms with Crippen LogP contribution < -0.4 is 0 Å². The predicted octanol–water partition coefficient (Wildman–Crippen LogP) is 1.20.